The molecule has 1 N–H and O–H groups in total. The van der Waals surface area contributed by atoms with Crippen molar-refractivity contribution in [1.82, 2.24) is 14.4 Å². The molecule has 3 aromatic rings. The van der Waals surface area contributed by atoms with Crippen molar-refractivity contribution < 1.29 is 13.2 Å². The predicted molar refractivity (Wildman–Crippen MR) is 65.0 cm³/mol. The smallest absolute Gasteiger partial charge is 0.370 e. The predicted octanol–water partition coefficient (Wildman–Crippen LogP) is 2.94. The highest BCUT2D eigenvalue weighted by molar-refractivity contribution is 5.83. The summed E-state index contributed by atoms with van der Waals surface area (Å²) in [6, 6.07) is 3.48. The first-order chi connectivity index (χ1) is 9.00. The number of aromatic nitrogens is 3. The minimum atomic E-state index is -4.38. The fourth-order valence-electron chi connectivity index (χ4n) is 2.00. The first kappa shape index (κ1) is 11.8. The number of fused-ring (bicyclic) bond motifs is 3. The SMILES string of the molecule is CNc1nc2cc(C(F)(F)F)ccc2n2ccnc12. The van der Waals surface area contributed by atoms with Gasteiger partial charge in [-0.1, -0.05) is 0 Å². The van der Waals surface area contributed by atoms with Gasteiger partial charge >= 0.3 is 6.18 Å². The molecule has 0 aliphatic carbocycles. The molecule has 0 aliphatic heterocycles. The molecule has 0 unspecified atom stereocenters. The Kier molecular flexibility index (Phi) is 2.38. The fourth-order valence-corrected chi connectivity index (χ4v) is 2.00. The van der Waals surface area contributed by atoms with Crippen molar-refractivity contribution in [2.24, 2.45) is 0 Å². The second-order valence-corrected chi connectivity index (χ2v) is 4.03. The number of alkyl halides is 3. The molecule has 0 spiro atoms. The fraction of sp³-hybridized carbons (Fsp3) is 0.167. The van der Waals surface area contributed by atoms with Crippen LogP contribution in [0.15, 0.2) is 30.6 Å². The molecule has 7 heteroatoms. The highest BCUT2D eigenvalue weighted by Crippen LogP contribution is 2.31. The molecule has 0 saturated carbocycles. The second kappa shape index (κ2) is 3.84. The van der Waals surface area contributed by atoms with Crippen molar-refractivity contribution in [2.75, 3.05) is 12.4 Å². The van der Waals surface area contributed by atoms with Gasteiger partial charge in [-0.15, -0.1) is 0 Å². The van der Waals surface area contributed by atoms with Gasteiger partial charge in [0.2, 0.25) is 0 Å². The van der Waals surface area contributed by atoms with Gasteiger partial charge in [-0.3, -0.25) is 4.40 Å². The van der Waals surface area contributed by atoms with E-state index >= 15 is 0 Å². The van der Waals surface area contributed by atoms with Crippen molar-refractivity contribution in [3.05, 3.63) is 36.2 Å². The summed E-state index contributed by atoms with van der Waals surface area (Å²) in [6.45, 7) is 0. The molecule has 2 aromatic heterocycles. The third-order valence-corrected chi connectivity index (χ3v) is 2.88. The Labute approximate surface area is 105 Å². The molecule has 0 amide bonds. The summed E-state index contributed by atoms with van der Waals surface area (Å²) in [5.41, 5.74) is 0.716. The zero-order chi connectivity index (χ0) is 13.6. The summed E-state index contributed by atoms with van der Waals surface area (Å²) < 4.78 is 39.8. The molecule has 19 heavy (non-hydrogen) atoms. The number of nitrogens with one attached hydrogen (secondary N) is 1. The highest BCUT2D eigenvalue weighted by Gasteiger charge is 2.30. The standard InChI is InChI=1S/C12H9F3N4/c1-16-10-11-17-4-5-19(11)9-3-2-7(12(13,14)15)6-8(9)18-10/h2-6H,1H3,(H,16,18). The van der Waals surface area contributed by atoms with E-state index < -0.39 is 11.7 Å². The Hall–Kier alpha value is -2.31. The quantitative estimate of drug-likeness (QED) is 0.736. The van der Waals surface area contributed by atoms with Crippen LogP contribution < -0.4 is 5.32 Å². The number of nitrogens with zero attached hydrogens (tertiary/aromatic N) is 3. The van der Waals surface area contributed by atoms with Crippen LogP contribution in [-0.2, 0) is 6.18 Å². The lowest BCUT2D eigenvalue weighted by Crippen LogP contribution is -2.06. The van der Waals surface area contributed by atoms with E-state index in [-0.39, 0.29) is 5.52 Å². The number of anilines is 1. The van der Waals surface area contributed by atoms with E-state index in [0.29, 0.717) is 17.0 Å². The molecule has 98 valence electrons. The highest BCUT2D eigenvalue weighted by atomic mass is 19.4. The Balaban J connectivity index is 2.37. The molecule has 3 rings (SSSR count). The van der Waals surface area contributed by atoms with Crippen molar-refractivity contribution >= 4 is 22.5 Å². The van der Waals surface area contributed by atoms with Gasteiger partial charge in [0.15, 0.2) is 11.5 Å². The van der Waals surface area contributed by atoms with Crippen LogP contribution in [0.2, 0.25) is 0 Å². The maximum atomic E-state index is 12.7. The van der Waals surface area contributed by atoms with Gasteiger partial charge in [0.05, 0.1) is 16.6 Å². The summed E-state index contributed by atoms with van der Waals surface area (Å²) >= 11 is 0. The zero-order valence-electron chi connectivity index (χ0n) is 9.86. The van der Waals surface area contributed by atoms with E-state index in [4.69, 9.17) is 0 Å². The summed E-state index contributed by atoms with van der Waals surface area (Å²) in [7, 11) is 1.65. The largest absolute Gasteiger partial charge is 0.416 e. The molecule has 4 nitrogen and oxygen atoms in total. The van der Waals surface area contributed by atoms with E-state index in [1.54, 1.807) is 23.8 Å². The molecule has 0 radical (unpaired) electrons. The van der Waals surface area contributed by atoms with Crippen LogP contribution in [-0.4, -0.2) is 21.4 Å². The number of halogens is 3. The lowest BCUT2D eigenvalue weighted by molar-refractivity contribution is -0.137. The van der Waals surface area contributed by atoms with E-state index in [2.05, 4.69) is 15.3 Å². The Morgan fingerprint density at radius 1 is 1.26 bits per heavy atom. The normalized spacial score (nSPS) is 12.2. The van der Waals surface area contributed by atoms with E-state index in [1.165, 1.54) is 6.07 Å². The number of benzene rings is 1. The van der Waals surface area contributed by atoms with Gasteiger partial charge < -0.3 is 5.32 Å². The summed E-state index contributed by atoms with van der Waals surface area (Å²) in [5.74, 6) is 0.442. The molecule has 0 bridgehead atoms. The van der Waals surface area contributed by atoms with Crippen LogP contribution in [0.1, 0.15) is 5.56 Å². The molecular weight excluding hydrogens is 257 g/mol. The third kappa shape index (κ3) is 1.78. The molecule has 0 aliphatic rings. The zero-order valence-corrected chi connectivity index (χ0v) is 9.86. The second-order valence-electron chi connectivity index (χ2n) is 4.03. The summed E-state index contributed by atoms with van der Waals surface area (Å²) in [5, 5.41) is 2.83. The van der Waals surface area contributed by atoms with Gasteiger partial charge in [0, 0.05) is 19.4 Å². The van der Waals surface area contributed by atoms with Crippen molar-refractivity contribution in [1.29, 1.82) is 0 Å². The maximum absolute atomic E-state index is 12.7. The number of hydrogen-bond acceptors (Lipinski definition) is 3. The van der Waals surface area contributed by atoms with Gasteiger partial charge in [-0.25, -0.2) is 9.97 Å². The minimum Gasteiger partial charge on any atom is -0.370 e. The first-order valence-corrected chi connectivity index (χ1v) is 5.52. The number of imidazole rings is 1. The van der Waals surface area contributed by atoms with Gasteiger partial charge in [0.25, 0.3) is 0 Å². The van der Waals surface area contributed by atoms with E-state index in [0.717, 1.165) is 12.1 Å². The lowest BCUT2D eigenvalue weighted by atomic mass is 10.2. The molecule has 0 atom stereocenters. The first-order valence-electron chi connectivity index (χ1n) is 5.52. The average molecular weight is 266 g/mol. The van der Waals surface area contributed by atoms with E-state index in [1.807, 2.05) is 0 Å². The maximum Gasteiger partial charge on any atom is 0.416 e. The topological polar surface area (TPSA) is 42.2 Å². The Bertz CT molecular complexity index is 761. The van der Waals surface area contributed by atoms with Crippen LogP contribution >= 0.6 is 0 Å². The van der Waals surface area contributed by atoms with Crippen molar-refractivity contribution in [2.45, 2.75) is 6.18 Å². The number of hydrogen-bond donors (Lipinski definition) is 1. The molecule has 2 heterocycles. The van der Waals surface area contributed by atoms with Crippen LogP contribution in [0.4, 0.5) is 19.0 Å². The summed E-state index contributed by atoms with van der Waals surface area (Å²) in [6.07, 6.45) is -1.11. The van der Waals surface area contributed by atoms with E-state index in [9.17, 15) is 13.2 Å². The van der Waals surface area contributed by atoms with Crippen LogP contribution in [0, 0.1) is 0 Å². The molecule has 1 aromatic carbocycles. The van der Waals surface area contributed by atoms with Gasteiger partial charge in [-0.05, 0) is 18.2 Å². The van der Waals surface area contributed by atoms with Crippen LogP contribution in [0.25, 0.3) is 16.7 Å². The van der Waals surface area contributed by atoms with Crippen molar-refractivity contribution in [3.63, 3.8) is 0 Å². The van der Waals surface area contributed by atoms with Crippen LogP contribution in [0.3, 0.4) is 0 Å². The van der Waals surface area contributed by atoms with Crippen molar-refractivity contribution in [3.8, 4) is 0 Å². The van der Waals surface area contributed by atoms with Gasteiger partial charge in [0.1, 0.15) is 0 Å². The lowest BCUT2D eigenvalue weighted by Gasteiger charge is -2.10. The summed E-state index contributed by atoms with van der Waals surface area (Å²) in [4.78, 5) is 8.30. The molecular formula is C12H9F3N4. The third-order valence-electron chi connectivity index (χ3n) is 2.88. The minimum absolute atomic E-state index is 0.268. The molecule has 0 saturated heterocycles. The monoisotopic (exact) mass is 266 g/mol. The van der Waals surface area contributed by atoms with Crippen LogP contribution in [0.5, 0.6) is 0 Å². The average Bonchev–Trinajstić information content (AvgIpc) is 2.85. The molecule has 0 fully saturated rings. The Morgan fingerprint density at radius 2 is 2.05 bits per heavy atom. The van der Waals surface area contributed by atoms with Gasteiger partial charge in [-0.2, -0.15) is 13.2 Å². The number of rotatable bonds is 1. The Morgan fingerprint density at radius 3 is 2.74 bits per heavy atom.